The molecule has 1 aliphatic heterocycles. The van der Waals surface area contributed by atoms with E-state index in [4.69, 9.17) is 0 Å². The van der Waals surface area contributed by atoms with Crippen molar-refractivity contribution in [2.24, 2.45) is 0 Å². The summed E-state index contributed by atoms with van der Waals surface area (Å²) in [4.78, 5) is 18.4. The minimum atomic E-state index is -2.63. The zero-order chi connectivity index (χ0) is 26.6. The van der Waals surface area contributed by atoms with Crippen molar-refractivity contribution < 1.29 is 13.2 Å². The number of aromatic nitrogens is 6. The second-order valence-corrected chi connectivity index (χ2v) is 9.92. The lowest BCUT2D eigenvalue weighted by Crippen LogP contribution is -2.24. The van der Waals surface area contributed by atoms with E-state index in [0.717, 1.165) is 55.4 Å². The van der Waals surface area contributed by atoms with Crippen molar-refractivity contribution in [3.8, 4) is 33.8 Å². The van der Waals surface area contributed by atoms with Crippen LogP contribution in [0.2, 0.25) is 0 Å². The predicted octanol–water partition coefficient (Wildman–Crippen LogP) is 6.21. The van der Waals surface area contributed by atoms with Crippen LogP contribution in [0.25, 0.3) is 55.6 Å². The Kier molecular flexibility index (Phi) is 5.44. The average Bonchev–Trinajstić information content (AvgIpc) is 3.64. The van der Waals surface area contributed by atoms with Gasteiger partial charge >= 0.3 is 0 Å². The third-order valence-corrected chi connectivity index (χ3v) is 7.15. The molecule has 0 bridgehead atoms. The topological polar surface area (TPSA) is 86.4 Å². The van der Waals surface area contributed by atoms with Crippen LogP contribution in [0.3, 0.4) is 0 Å². The molecular formula is C29H22F3N7. The van der Waals surface area contributed by atoms with Crippen molar-refractivity contribution in [3.05, 3.63) is 84.8 Å². The van der Waals surface area contributed by atoms with Gasteiger partial charge in [-0.15, -0.1) is 0 Å². The number of alkyl halides is 2. The average molecular weight is 526 g/mol. The van der Waals surface area contributed by atoms with Gasteiger partial charge in [0.05, 0.1) is 41.4 Å². The van der Waals surface area contributed by atoms with Crippen molar-refractivity contribution in [3.63, 3.8) is 0 Å². The molecule has 0 unspecified atom stereocenters. The Hall–Kier alpha value is -4.57. The molecule has 1 aliphatic rings. The van der Waals surface area contributed by atoms with Crippen LogP contribution in [0.5, 0.6) is 0 Å². The summed E-state index contributed by atoms with van der Waals surface area (Å²) in [5.74, 6) is -2.92. The predicted molar refractivity (Wildman–Crippen MR) is 142 cm³/mol. The second kappa shape index (κ2) is 9.02. The van der Waals surface area contributed by atoms with Gasteiger partial charge in [0.1, 0.15) is 11.5 Å². The van der Waals surface area contributed by atoms with Gasteiger partial charge < -0.3 is 4.98 Å². The van der Waals surface area contributed by atoms with Gasteiger partial charge in [-0.2, -0.15) is 5.10 Å². The highest BCUT2D eigenvalue weighted by Crippen LogP contribution is 2.34. The molecule has 0 atom stereocenters. The van der Waals surface area contributed by atoms with Gasteiger partial charge in [-0.05, 0) is 41.5 Å². The molecular weight excluding hydrogens is 503 g/mol. The van der Waals surface area contributed by atoms with E-state index in [9.17, 15) is 13.2 Å². The summed E-state index contributed by atoms with van der Waals surface area (Å²) in [5.41, 5.74) is 7.23. The lowest BCUT2D eigenvalue weighted by Gasteiger charge is -2.15. The third kappa shape index (κ3) is 4.42. The zero-order valence-electron chi connectivity index (χ0n) is 20.6. The van der Waals surface area contributed by atoms with Gasteiger partial charge in [0.2, 0.25) is 0 Å². The first-order valence-corrected chi connectivity index (χ1v) is 12.5. The highest BCUT2D eigenvalue weighted by atomic mass is 19.3. The molecule has 10 heteroatoms. The van der Waals surface area contributed by atoms with Crippen molar-refractivity contribution in [2.75, 3.05) is 13.1 Å². The fourth-order valence-electron chi connectivity index (χ4n) is 5.23. The summed E-state index contributed by atoms with van der Waals surface area (Å²) in [5, 5.41) is 9.41. The van der Waals surface area contributed by atoms with Crippen molar-refractivity contribution in [1.82, 2.24) is 35.0 Å². The molecule has 0 saturated carbocycles. The summed E-state index contributed by atoms with van der Waals surface area (Å²) >= 11 is 0. The molecule has 7 nitrogen and oxygen atoms in total. The molecule has 0 amide bonds. The molecule has 7 rings (SSSR count). The second-order valence-electron chi connectivity index (χ2n) is 9.92. The molecule has 0 radical (unpaired) electrons. The van der Waals surface area contributed by atoms with Gasteiger partial charge in [-0.1, -0.05) is 12.1 Å². The number of fused-ring (bicyclic) bond motifs is 2. The van der Waals surface area contributed by atoms with E-state index in [1.165, 1.54) is 12.1 Å². The first-order valence-electron chi connectivity index (χ1n) is 12.5. The number of pyridine rings is 3. The Balaban J connectivity index is 1.24. The van der Waals surface area contributed by atoms with Crippen LogP contribution in [0.4, 0.5) is 13.2 Å². The van der Waals surface area contributed by atoms with E-state index in [1.807, 2.05) is 18.2 Å². The molecule has 5 aromatic heterocycles. The molecule has 0 aliphatic carbocycles. The minimum Gasteiger partial charge on any atom is -0.352 e. The minimum absolute atomic E-state index is 0.114. The monoisotopic (exact) mass is 525 g/mol. The molecule has 6 aromatic rings. The molecule has 39 heavy (non-hydrogen) atoms. The maximum Gasteiger partial charge on any atom is 0.261 e. The fraction of sp³-hybridized carbons (Fsp3) is 0.172. The lowest BCUT2D eigenvalue weighted by molar-refractivity contribution is 0.0115. The Morgan fingerprint density at radius 3 is 2.54 bits per heavy atom. The fourth-order valence-corrected chi connectivity index (χ4v) is 5.23. The highest BCUT2D eigenvalue weighted by molar-refractivity contribution is 6.01. The standard InChI is InChI=1S/C29H22F3N7/c30-20-3-1-18(2-4-20)23-12-34-13-26-21(23)8-25(36-26)28-22-9-24(35-14-27(22)37-38-28)19-7-17(10-33-11-19)15-39-6-5-29(31,32)16-39/h1-4,7-14,36H,5-6,15-16H2,(H,37,38). The number of hydrogen-bond donors (Lipinski definition) is 2. The number of H-pyrrole nitrogens is 2. The molecule has 194 valence electrons. The van der Waals surface area contributed by atoms with Crippen LogP contribution in [0, 0.1) is 5.82 Å². The van der Waals surface area contributed by atoms with E-state index in [1.54, 1.807) is 48.0 Å². The summed E-state index contributed by atoms with van der Waals surface area (Å²) in [6, 6.07) is 12.2. The number of benzene rings is 1. The number of likely N-dealkylation sites (tertiary alicyclic amines) is 1. The van der Waals surface area contributed by atoms with Crippen LogP contribution < -0.4 is 0 Å². The Morgan fingerprint density at radius 2 is 1.72 bits per heavy atom. The Bertz CT molecular complexity index is 1820. The van der Waals surface area contributed by atoms with Crippen LogP contribution >= 0.6 is 0 Å². The van der Waals surface area contributed by atoms with Gasteiger partial charge in [-0.3, -0.25) is 25.0 Å². The molecule has 2 N–H and O–H groups in total. The van der Waals surface area contributed by atoms with Crippen LogP contribution in [0.15, 0.2) is 73.4 Å². The number of halogens is 3. The van der Waals surface area contributed by atoms with Gasteiger partial charge in [-0.25, -0.2) is 13.2 Å². The smallest absolute Gasteiger partial charge is 0.261 e. The summed E-state index contributed by atoms with van der Waals surface area (Å²) in [6.45, 7) is 0.542. The van der Waals surface area contributed by atoms with Gasteiger partial charge in [0.25, 0.3) is 5.92 Å². The van der Waals surface area contributed by atoms with E-state index >= 15 is 0 Å². The van der Waals surface area contributed by atoms with Gasteiger partial charge in [0.15, 0.2) is 0 Å². The number of rotatable bonds is 5. The first-order chi connectivity index (χ1) is 18.9. The highest BCUT2D eigenvalue weighted by Gasteiger charge is 2.37. The number of aromatic amines is 2. The first kappa shape index (κ1) is 23.5. The zero-order valence-corrected chi connectivity index (χ0v) is 20.6. The van der Waals surface area contributed by atoms with E-state index in [2.05, 4.69) is 30.1 Å². The Morgan fingerprint density at radius 1 is 0.872 bits per heavy atom. The van der Waals surface area contributed by atoms with E-state index in [0.29, 0.717) is 18.8 Å². The van der Waals surface area contributed by atoms with Crippen molar-refractivity contribution in [1.29, 1.82) is 0 Å². The van der Waals surface area contributed by atoms with E-state index in [-0.39, 0.29) is 18.8 Å². The Labute approximate surface area is 220 Å². The normalized spacial score (nSPS) is 15.5. The molecule has 1 saturated heterocycles. The maximum absolute atomic E-state index is 13.6. The van der Waals surface area contributed by atoms with Crippen LogP contribution in [-0.2, 0) is 6.54 Å². The van der Waals surface area contributed by atoms with Crippen molar-refractivity contribution in [2.45, 2.75) is 18.9 Å². The number of nitrogens with zero attached hydrogens (tertiary/aromatic N) is 5. The summed E-state index contributed by atoms with van der Waals surface area (Å²) in [6.07, 6.45) is 8.56. The van der Waals surface area contributed by atoms with E-state index < -0.39 is 5.92 Å². The lowest BCUT2D eigenvalue weighted by atomic mass is 10.0. The largest absolute Gasteiger partial charge is 0.352 e. The number of nitrogens with one attached hydrogen (secondary N) is 2. The van der Waals surface area contributed by atoms with Gasteiger partial charge in [0, 0.05) is 60.0 Å². The van der Waals surface area contributed by atoms with Crippen molar-refractivity contribution >= 4 is 21.8 Å². The molecule has 0 spiro atoms. The summed E-state index contributed by atoms with van der Waals surface area (Å²) in [7, 11) is 0. The third-order valence-electron chi connectivity index (χ3n) is 7.15. The molecule has 1 fully saturated rings. The summed E-state index contributed by atoms with van der Waals surface area (Å²) < 4.78 is 40.7. The van der Waals surface area contributed by atoms with Crippen LogP contribution in [-0.4, -0.2) is 54.0 Å². The molecule has 1 aromatic carbocycles. The maximum atomic E-state index is 13.6. The SMILES string of the molecule is Fc1ccc(-c2cncc3[nH]c(-c4n[nH]c5cnc(-c6cncc(CN7CCC(F)(F)C7)c6)cc45)cc23)cc1. The quantitative estimate of drug-likeness (QED) is 0.280. The van der Waals surface area contributed by atoms with Crippen LogP contribution in [0.1, 0.15) is 12.0 Å². The molecule has 6 heterocycles. The number of hydrogen-bond acceptors (Lipinski definition) is 5.